The summed E-state index contributed by atoms with van der Waals surface area (Å²) in [5.74, 6) is 0.804. The Morgan fingerprint density at radius 3 is 2.61 bits per heavy atom. The summed E-state index contributed by atoms with van der Waals surface area (Å²) >= 11 is 0. The van der Waals surface area contributed by atoms with Crippen LogP contribution >= 0.6 is 0 Å². The smallest absolute Gasteiger partial charge is 0.235 e. The number of aryl methyl sites for hydroxylation is 2. The van der Waals surface area contributed by atoms with Gasteiger partial charge in [0.2, 0.25) is 5.91 Å². The number of nitrogens with zero attached hydrogens (tertiary/aromatic N) is 3. The average molecular weight is 412 g/mol. The number of carbonyl (C=O) groups excluding carboxylic acids is 1. The van der Waals surface area contributed by atoms with E-state index in [4.69, 9.17) is 4.74 Å². The van der Waals surface area contributed by atoms with Crippen molar-refractivity contribution >= 4 is 22.6 Å². The number of fused-ring (bicyclic) bond motifs is 1. The molecule has 1 N–H and O–H groups in total. The first-order valence-corrected chi connectivity index (χ1v) is 10.4. The number of carbonyl (C=O) groups is 1. The molecular formula is C25H24N4O2. The van der Waals surface area contributed by atoms with Crippen LogP contribution in [0.5, 0.6) is 5.75 Å². The van der Waals surface area contributed by atoms with Crippen LogP contribution in [0.3, 0.4) is 0 Å². The van der Waals surface area contributed by atoms with E-state index in [2.05, 4.69) is 21.5 Å². The Hall–Kier alpha value is -3.67. The minimum atomic E-state index is -0.461. The molecule has 0 saturated heterocycles. The van der Waals surface area contributed by atoms with Crippen molar-refractivity contribution in [1.82, 2.24) is 14.8 Å². The monoisotopic (exact) mass is 412 g/mol. The molecule has 0 radical (unpaired) electrons. The largest absolute Gasteiger partial charge is 0.497 e. The van der Waals surface area contributed by atoms with Crippen molar-refractivity contribution < 1.29 is 9.53 Å². The van der Waals surface area contributed by atoms with Gasteiger partial charge in [0.25, 0.3) is 0 Å². The molecule has 4 aromatic rings. The highest BCUT2D eigenvalue weighted by Crippen LogP contribution is 2.49. The van der Waals surface area contributed by atoms with E-state index in [1.165, 1.54) is 0 Å². The van der Waals surface area contributed by atoms with Gasteiger partial charge in [0.1, 0.15) is 5.75 Å². The lowest BCUT2D eigenvalue weighted by molar-refractivity contribution is -0.118. The Morgan fingerprint density at radius 2 is 1.90 bits per heavy atom. The van der Waals surface area contributed by atoms with Crippen LogP contribution in [0.1, 0.15) is 24.1 Å². The number of hydrogen-bond acceptors (Lipinski definition) is 4. The first-order valence-electron chi connectivity index (χ1n) is 10.4. The van der Waals surface area contributed by atoms with Crippen LogP contribution in [-0.2, 0) is 17.3 Å². The predicted molar refractivity (Wildman–Crippen MR) is 121 cm³/mol. The molecule has 1 aliphatic rings. The Labute approximate surface area is 180 Å². The van der Waals surface area contributed by atoms with Gasteiger partial charge in [-0.2, -0.15) is 5.10 Å². The van der Waals surface area contributed by atoms with Gasteiger partial charge in [-0.25, -0.2) is 4.98 Å². The molecule has 31 heavy (non-hydrogen) atoms. The second kappa shape index (κ2) is 7.23. The van der Waals surface area contributed by atoms with Gasteiger partial charge in [0.05, 0.1) is 18.7 Å². The third kappa shape index (κ3) is 3.34. The van der Waals surface area contributed by atoms with Crippen LogP contribution in [0.15, 0.2) is 60.8 Å². The molecule has 1 saturated carbocycles. The third-order valence-corrected chi connectivity index (χ3v) is 6.09. The molecule has 6 heteroatoms. The van der Waals surface area contributed by atoms with Crippen LogP contribution in [0.4, 0.5) is 5.69 Å². The highest BCUT2D eigenvalue weighted by molar-refractivity contribution is 6.02. The minimum absolute atomic E-state index is 0.0305. The van der Waals surface area contributed by atoms with Crippen molar-refractivity contribution in [2.45, 2.75) is 25.2 Å². The molecule has 0 aliphatic heterocycles. The zero-order valence-electron chi connectivity index (χ0n) is 17.8. The summed E-state index contributed by atoms with van der Waals surface area (Å²) < 4.78 is 7.12. The summed E-state index contributed by atoms with van der Waals surface area (Å²) in [6.45, 7) is 1.98. The van der Waals surface area contributed by atoms with Crippen molar-refractivity contribution in [3.63, 3.8) is 0 Å². The number of pyridine rings is 1. The molecule has 2 heterocycles. The lowest BCUT2D eigenvalue weighted by Crippen LogP contribution is -2.27. The maximum atomic E-state index is 13.1. The van der Waals surface area contributed by atoms with E-state index < -0.39 is 5.41 Å². The summed E-state index contributed by atoms with van der Waals surface area (Å²) in [7, 11) is 3.54. The van der Waals surface area contributed by atoms with Gasteiger partial charge < -0.3 is 10.1 Å². The van der Waals surface area contributed by atoms with Crippen LogP contribution in [0, 0.1) is 6.92 Å². The molecular weight excluding hydrogens is 388 g/mol. The van der Waals surface area contributed by atoms with E-state index in [0.717, 1.165) is 57.7 Å². The fraction of sp³-hybridized carbons (Fsp3) is 0.240. The van der Waals surface area contributed by atoms with Crippen LogP contribution in [-0.4, -0.2) is 27.8 Å². The van der Waals surface area contributed by atoms with E-state index in [1.54, 1.807) is 11.8 Å². The summed E-state index contributed by atoms with van der Waals surface area (Å²) in [4.78, 5) is 17.7. The minimum Gasteiger partial charge on any atom is -0.497 e. The average Bonchev–Trinajstić information content (AvgIpc) is 3.53. The number of rotatable bonds is 5. The van der Waals surface area contributed by atoms with E-state index in [-0.39, 0.29) is 5.91 Å². The summed E-state index contributed by atoms with van der Waals surface area (Å²) in [6, 6.07) is 17.8. The maximum absolute atomic E-state index is 13.1. The van der Waals surface area contributed by atoms with E-state index in [9.17, 15) is 4.79 Å². The number of ether oxygens (including phenoxy) is 1. The van der Waals surface area contributed by atoms with Gasteiger partial charge in [0.15, 0.2) is 5.65 Å². The molecule has 0 atom stereocenters. The predicted octanol–water partition coefficient (Wildman–Crippen LogP) is 4.62. The van der Waals surface area contributed by atoms with Gasteiger partial charge in [-0.05, 0) is 66.8 Å². The first kappa shape index (κ1) is 19.3. The van der Waals surface area contributed by atoms with Gasteiger partial charge >= 0.3 is 0 Å². The maximum Gasteiger partial charge on any atom is 0.235 e. The first-order chi connectivity index (χ1) is 15.0. The molecule has 5 rings (SSSR count). The number of hydrogen-bond donors (Lipinski definition) is 1. The van der Waals surface area contributed by atoms with Crippen LogP contribution in [0.25, 0.3) is 22.2 Å². The third-order valence-electron chi connectivity index (χ3n) is 6.09. The lowest BCUT2D eigenvalue weighted by atomic mass is 9.94. The Bertz CT molecular complexity index is 1290. The van der Waals surface area contributed by atoms with Gasteiger partial charge in [-0.15, -0.1) is 0 Å². The van der Waals surface area contributed by atoms with Gasteiger partial charge in [-0.1, -0.05) is 24.3 Å². The molecule has 0 spiro atoms. The van der Waals surface area contributed by atoms with Crippen molar-refractivity contribution in [2.75, 3.05) is 12.4 Å². The number of nitrogens with one attached hydrogen (secondary N) is 1. The van der Waals surface area contributed by atoms with E-state index in [0.29, 0.717) is 0 Å². The number of methoxy groups -OCH3 is 1. The molecule has 1 fully saturated rings. The quantitative estimate of drug-likeness (QED) is 0.519. The zero-order valence-corrected chi connectivity index (χ0v) is 17.8. The topological polar surface area (TPSA) is 69.0 Å². The number of amides is 1. The SMILES string of the molecule is COc1cccc(C2(C(=O)Nc3ccc(-c4cc(C)nc5c4cnn5C)cc3)CC2)c1. The summed E-state index contributed by atoms with van der Waals surface area (Å²) in [5, 5.41) is 8.46. The van der Waals surface area contributed by atoms with Crippen molar-refractivity contribution in [2.24, 2.45) is 7.05 Å². The fourth-order valence-electron chi connectivity index (χ4n) is 4.15. The Kier molecular flexibility index (Phi) is 4.50. The lowest BCUT2D eigenvalue weighted by Gasteiger charge is -2.17. The second-order valence-corrected chi connectivity index (χ2v) is 8.16. The van der Waals surface area contributed by atoms with Crippen LogP contribution < -0.4 is 10.1 Å². The molecule has 0 bridgehead atoms. The molecule has 1 aliphatic carbocycles. The molecule has 1 amide bonds. The fourth-order valence-corrected chi connectivity index (χ4v) is 4.15. The van der Waals surface area contributed by atoms with E-state index >= 15 is 0 Å². The Balaban J connectivity index is 1.40. The van der Waals surface area contributed by atoms with Crippen molar-refractivity contribution in [3.8, 4) is 16.9 Å². The van der Waals surface area contributed by atoms with Crippen molar-refractivity contribution in [3.05, 3.63) is 72.1 Å². The van der Waals surface area contributed by atoms with E-state index in [1.807, 2.05) is 68.7 Å². The molecule has 0 unspecified atom stereocenters. The number of benzene rings is 2. The van der Waals surface area contributed by atoms with Crippen molar-refractivity contribution in [1.29, 1.82) is 0 Å². The molecule has 2 aromatic carbocycles. The van der Waals surface area contributed by atoms with Crippen LogP contribution in [0.2, 0.25) is 0 Å². The normalized spacial score (nSPS) is 14.4. The number of anilines is 1. The zero-order chi connectivity index (χ0) is 21.6. The second-order valence-electron chi connectivity index (χ2n) is 8.16. The standard InChI is InChI=1S/C25H24N4O2/c1-16-13-21(22-15-26-29(2)23(22)27-16)17-7-9-19(10-8-17)28-24(30)25(11-12-25)18-5-4-6-20(14-18)31-3/h4-10,13-15H,11-12H2,1-3H3,(H,28,30). The summed E-state index contributed by atoms with van der Waals surface area (Å²) in [6.07, 6.45) is 3.54. The summed E-state index contributed by atoms with van der Waals surface area (Å²) in [5.41, 5.74) is 5.29. The molecule has 156 valence electrons. The number of aromatic nitrogens is 3. The molecule has 2 aromatic heterocycles. The highest BCUT2D eigenvalue weighted by atomic mass is 16.5. The highest BCUT2D eigenvalue weighted by Gasteiger charge is 2.51. The molecule has 6 nitrogen and oxygen atoms in total. The Morgan fingerprint density at radius 1 is 1.13 bits per heavy atom. The van der Waals surface area contributed by atoms with Gasteiger partial charge in [-0.3, -0.25) is 9.48 Å². The van der Waals surface area contributed by atoms with Gasteiger partial charge in [0, 0.05) is 23.8 Å².